The highest BCUT2D eigenvalue weighted by molar-refractivity contribution is 6.42. The number of esters is 1. The second-order valence-corrected chi connectivity index (χ2v) is 14.8. The molecule has 0 saturated carbocycles. The molecule has 3 amide bonds. The summed E-state index contributed by atoms with van der Waals surface area (Å²) in [5.74, 6) is -4.57. The molecule has 0 aromatic rings. The highest BCUT2D eigenvalue weighted by atomic mass is 16.7. The lowest BCUT2D eigenvalue weighted by molar-refractivity contribution is -0.209. The topological polar surface area (TPSA) is 318 Å². The number of hydroxylamine groups is 1. The number of amidine groups is 1. The molecule has 3 aliphatic rings. The lowest BCUT2D eigenvalue weighted by Gasteiger charge is -2.36. The van der Waals surface area contributed by atoms with Crippen molar-refractivity contribution in [3.8, 4) is 0 Å². The van der Waals surface area contributed by atoms with Crippen molar-refractivity contribution < 1.29 is 82.2 Å². The van der Waals surface area contributed by atoms with Gasteiger partial charge in [0.15, 0.2) is 17.7 Å². The highest BCUT2D eigenvalue weighted by Crippen LogP contribution is 2.17. The molecular weight excluding hydrogens is 824 g/mol. The predicted octanol–water partition coefficient (Wildman–Crippen LogP) is 1.36. The van der Waals surface area contributed by atoms with Gasteiger partial charge in [-0.1, -0.05) is 5.16 Å². The second-order valence-electron chi connectivity index (χ2n) is 14.8. The number of hydrogen-bond donors (Lipinski definition) is 7. The zero-order chi connectivity index (χ0) is 48.7. The molecule has 1 atom stereocenters. The smallest absolute Gasteiger partial charge is 0.396 e. The van der Waals surface area contributed by atoms with Crippen molar-refractivity contribution in [2.24, 2.45) is 10.1 Å². The number of ether oxygens (including phenoxy) is 5. The second kappa shape index (κ2) is 33.4. The van der Waals surface area contributed by atoms with E-state index in [1.54, 1.807) is 48.5 Å². The van der Waals surface area contributed by atoms with Gasteiger partial charge < -0.3 is 64.6 Å². The Morgan fingerprint density at radius 3 is 1.63 bits per heavy atom. The van der Waals surface area contributed by atoms with Gasteiger partial charge >= 0.3 is 35.7 Å². The monoisotopic (exact) mass is 894 g/mol. The Labute approximate surface area is 363 Å². The minimum atomic E-state index is -1.44. The number of nitrogens with one attached hydrogen (secondary N) is 4. The lowest BCUT2D eigenvalue weighted by Crippen LogP contribution is -2.53. The Kier molecular flexibility index (Phi) is 32.9. The van der Waals surface area contributed by atoms with Crippen LogP contribution in [0.25, 0.3) is 0 Å². The van der Waals surface area contributed by atoms with Crippen LogP contribution in [0.2, 0.25) is 0 Å². The standard InChI is InChI=1S/C7H10N2O3.C7H12N2O2.C7H13NO3.C7H14O3.C6H12O3.C5H9NO3/c1-4(2)8-7(11)5-3-6(10)12-9-5;1-5(2)10-4-7-8-6(3)11-9-7;1-4-11-7(10)6(9)8-5(2)3;1-6(2)10-5-7(8)3-9-4-7;1-4(2)9-5(3)6(7)8;1-3(2)6-4(7)5(8)9/h4H,3H2,1-2H3,(H,8,11);5H,3-4H2,1-2H3,(H,8,9);5H,4H2,1-3H3,(H,8,9);6,8H,3-5H2,1-2H3;4-5H,1-3H3,(H,7,8);3H,1-2H3,(H,6,7)(H,8,9). The van der Waals surface area contributed by atoms with Gasteiger partial charge in [-0.2, -0.15) is 4.99 Å². The van der Waals surface area contributed by atoms with Crippen molar-refractivity contribution in [3.05, 3.63) is 12.5 Å². The van der Waals surface area contributed by atoms with Gasteiger partial charge in [0.1, 0.15) is 12.2 Å². The molecule has 0 radical (unpaired) electrons. The van der Waals surface area contributed by atoms with E-state index in [1.165, 1.54) is 6.92 Å². The van der Waals surface area contributed by atoms with E-state index in [0.717, 1.165) is 0 Å². The number of amides is 3. The van der Waals surface area contributed by atoms with Crippen LogP contribution >= 0.6 is 0 Å². The molecule has 3 aliphatic heterocycles. The number of aliphatic carboxylic acids is 2. The molecule has 3 rings (SSSR count). The number of carboxylic acids is 2. The molecule has 358 valence electrons. The summed E-state index contributed by atoms with van der Waals surface area (Å²) in [7, 11) is 0. The maximum Gasteiger partial charge on any atom is 0.396 e. The molecule has 1 fully saturated rings. The van der Waals surface area contributed by atoms with Gasteiger partial charge in [0.25, 0.3) is 5.91 Å². The molecule has 0 bridgehead atoms. The maximum absolute atomic E-state index is 11.1. The first-order valence-corrected chi connectivity index (χ1v) is 19.7. The molecule has 1 saturated heterocycles. The Morgan fingerprint density at radius 1 is 0.806 bits per heavy atom. The summed E-state index contributed by atoms with van der Waals surface area (Å²) < 4.78 is 24.7. The van der Waals surface area contributed by atoms with E-state index in [-0.39, 0.29) is 61.1 Å². The first kappa shape index (κ1) is 61.1. The minimum absolute atomic E-state index is 0.0175. The average Bonchev–Trinajstić information content (AvgIpc) is 3.77. The van der Waals surface area contributed by atoms with E-state index in [2.05, 4.69) is 47.7 Å². The van der Waals surface area contributed by atoms with Gasteiger partial charge in [0.2, 0.25) is 5.88 Å². The average molecular weight is 895 g/mol. The largest absolute Gasteiger partial charge is 0.479 e. The van der Waals surface area contributed by atoms with Crippen molar-refractivity contribution in [1.29, 1.82) is 0 Å². The van der Waals surface area contributed by atoms with Gasteiger partial charge in [0.05, 0.1) is 51.2 Å². The van der Waals surface area contributed by atoms with Crippen molar-refractivity contribution in [1.82, 2.24) is 21.4 Å². The number of carbonyl (C=O) groups is 7. The first-order chi connectivity index (χ1) is 28.5. The molecule has 7 N–H and O–H groups in total. The maximum atomic E-state index is 11.1. The zero-order valence-electron chi connectivity index (χ0n) is 38.4. The normalized spacial score (nSPS) is 14.7. The number of aliphatic imine (C=N–C) groups is 1. The molecule has 3 heterocycles. The molecule has 0 spiro atoms. The van der Waals surface area contributed by atoms with Gasteiger partial charge in [-0.25, -0.2) is 24.7 Å². The number of aliphatic hydroxyl groups is 1. The van der Waals surface area contributed by atoms with E-state index < -0.39 is 47.4 Å². The number of hydrogen-bond acceptors (Lipinski definition) is 18. The van der Waals surface area contributed by atoms with Crippen LogP contribution in [-0.4, -0.2) is 150 Å². The van der Waals surface area contributed by atoms with Crippen LogP contribution in [-0.2, 0) is 66.9 Å². The highest BCUT2D eigenvalue weighted by Gasteiger charge is 2.36. The summed E-state index contributed by atoms with van der Waals surface area (Å²) in [6.45, 7) is 30.6. The Hall–Kier alpha value is -5.23. The van der Waals surface area contributed by atoms with E-state index in [4.69, 9.17) is 34.0 Å². The summed E-state index contributed by atoms with van der Waals surface area (Å²) in [6, 6.07) is -0.114. The molecule has 1 unspecified atom stereocenters. The summed E-state index contributed by atoms with van der Waals surface area (Å²) in [6.07, 6.45) is -0.349. The predicted molar refractivity (Wildman–Crippen MR) is 224 cm³/mol. The Bertz CT molecular complexity index is 1480. The van der Waals surface area contributed by atoms with Crippen molar-refractivity contribution in [3.63, 3.8) is 0 Å². The van der Waals surface area contributed by atoms with Crippen molar-refractivity contribution in [2.75, 3.05) is 33.0 Å². The van der Waals surface area contributed by atoms with E-state index in [0.29, 0.717) is 38.1 Å². The molecule has 62 heavy (non-hydrogen) atoms. The van der Waals surface area contributed by atoms with E-state index >= 15 is 0 Å². The van der Waals surface area contributed by atoms with Crippen LogP contribution < -0.4 is 21.4 Å². The summed E-state index contributed by atoms with van der Waals surface area (Å²) in [4.78, 5) is 86.2. The molecular formula is C39H70N6O17. The fourth-order valence-electron chi connectivity index (χ4n) is 3.45. The van der Waals surface area contributed by atoms with Crippen molar-refractivity contribution in [2.45, 2.75) is 151 Å². The first-order valence-electron chi connectivity index (χ1n) is 19.7. The lowest BCUT2D eigenvalue weighted by atomic mass is 10.0. The summed E-state index contributed by atoms with van der Waals surface area (Å²) in [5, 5.41) is 36.3. The molecule has 0 aromatic carbocycles. The third-order valence-corrected chi connectivity index (χ3v) is 6.10. The molecule has 0 aromatic heterocycles. The van der Waals surface area contributed by atoms with Gasteiger partial charge in [0, 0.05) is 18.1 Å². The van der Waals surface area contributed by atoms with Crippen LogP contribution in [0.5, 0.6) is 0 Å². The number of carboxylic acid groups (broad SMARTS) is 2. The fourth-order valence-corrected chi connectivity index (χ4v) is 3.45. The van der Waals surface area contributed by atoms with Gasteiger partial charge in [-0.05, 0) is 104 Å². The zero-order valence-corrected chi connectivity index (χ0v) is 38.4. The Balaban J connectivity index is -0.000000676. The van der Waals surface area contributed by atoms with Crippen LogP contribution in [0.4, 0.5) is 0 Å². The van der Waals surface area contributed by atoms with Crippen LogP contribution in [0.1, 0.15) is 103 Å². The van der Waals surface area contributed by atoms with Crippen LogP contribution in [0, 0.1) is 0 Å². The number of carbonyl (C=O) groups excluding carboxylic acids is 5. The SMILES string of the molecule is C=C1N=C(COC(C)C)NO1.CC(C)NC(=O)C(=O)O.CC(C)NC(=O)C1=NOC(=O)C1.CC(C)OC(C)C(=O)O.CC(C)OCC1(O)COC1.CCOC(=O)C(=O)NC(C)C. The van der Waals surface area contributed by atoms with Gasteiger partial charge in [-0.15, -0.1) is 0 Å². The van der Waals surface area contributed by atoms with Crippen molar-refractivity contribution >= 4 is 53.1 Å². The molecule has 0 aliphatic carbocycles. The summed E-state index contributed by atoms with van der Waals surface area (Å²) >= 11 is 0. The van der Waals surface area contributed by atoms with E-state index in [9.17, 15) is 38.7 Å². The third-order valence-electron chi connectivity index (χ3n) is 6.10. The number of oxime groups is 1. The molecule has 23 nitrogen and oxygen atoms in total. The number of rotatable bonds is 14. The number of nitrogens with zero attached hydrogens (tertiary/aromatic N) is 2. The fraction of sp³-hybridized carbons (Fsp3) is 0.718. The minimum Gasteiger partial charge on any atom is -0.479 e. The van der Waals surface area contributed by atoms with E-state index in [1.807, 2.05) is 41.5 Å². The molecule has 23 heteroatoms. The van der Waals surface area contributed by atoms with Crippen LogP contribution in [0.3, 0.4) is 0 Å². The Morgan fingerprint density at radius 2 is 1.32 bits per heavy atom. The third kappa shape index (κ3) is 35.5. The quantitative estimate of drug-likeness (QED) is 0.0735. The van der Waals surface area contributed by atoms with Gasteiger partial charge in [-0.3, -0.25) is 14.4 Å². The van der Waals surface area contributed by atoms with Crippen LogP contribution in [0.15, 0.2) is 22.6 Å². The summed E-state index contributed by atoms with van der Waals surface area (Å²) in [5.41, 5.74) is 2.04.